The fraction of sp³-hybridized carbons (Fsp3) is 0.350. The van der Waals surface area contributed by atoms with E-state index < -0.39 is 10.0 Å². The summed E-state index contributed by atoms with van der Waals surface area (Å²) in [4.78, 5) is 12.0. The van der Waals surface area contributed by atoms with Gasteiger partial charge in [-0.15, -0.1) is 0 Å². The quantitative estimate of drug-likeness (QED) is 0.683. The average Bonchev–Trinajstić information content (AvgIpc) is 3.19. The normalized spacial score (nSPS) is 14.8. The first kappa shape index (κ1) is 20.6. The second-order valence-electron chi connectivity index (χ2n) is 6.74. The van der Waals surface area contributed by atoms with Crippen molar-refractivity contribution in [2.75, 3.05) is 6.61 Å². The third-order valence-electron chi connectivity index (χ3n) is 4.60. The summed E-state index contributed by atoms with van der Waals surface area (Å²) in [6.07, 6.45) is 4.25. The summed E-state index contributed by atoms with van der Waals surface area (Å²) in [5.41, 5.74) is 0.852. The van der Waals surface area contributed by atoms with Crippen LogP contribution in [0.3, 0.4) is 0 Å². The topological polar surface area (TPSA) is 84.5 Å². The molecular formula is C20H23ClN2O4S. The molecule has 3 rings (SSSR count). The van der Waals surface area contributed by atoms with Crippen LogP contribution in [0.1, 0.15) is 31.2 Å². The van der Waals surface area contributed by atoms with Crippen molar-refractivity contribution >= 4 is 27.5 Å². The molecule has 2 N–H and O–H groups in total. The minimum absolute atomic E-state index is 0.0381. The van der Waals surface area contributed by atoms with Crippen LogP contribution in [-0.2, 0) is 21.4 Å². The minimum atomic E-state index is -3.71. The highest BCUT2D eigenvalue weighted by molar-refractivity contribution is 7.89. The molecule has 8 heteroatoms. The molecule has 1 saturated carbocycles. The maximum Gasteiger partial charge on any atom is 0.258 e. The van der Waals surface area contributed by atoms with Crippen LogP contribution in [0.4, 0.5) is 0 Å². The molecule has 28 heavy (non-hydrogen) atoms. The number of hydrogen-bond donors (Lipinski definition) is 2. The van der Waals surface area contributed by atoms with Crippen LogP contribution in [0.15, 0.2) is 53.4 Å². The Balaban J connectivity index is 1.57. The third-order valence-corrected chi connectivity index (χ3v) is 6.30. The molecule has 0 unspecified atom stereocenters. The van der Waals surface area contributed by atoms with Crippen molar-refractivity contribution in [2.45, 2.75) is 43.2 Å². The summed E-state index contributed by atoms with van der Waals surface area (Å²) in [5.74, 6) is 0.0643. The predicted octanol–water partition coefficient (Wildman–Crippen LogP) is 3.26. The van der Waals surface area contributed by atoms with Crippen LogP contribution < -0.4 is 14.8 Å². The number of sulfonamides is 1. The van der Waals surface area contributed by atoms with Crippen molar-refractivity contribution in [1.82, 2.24) is 10.0 Å². The first-order valence-corrected chi connectivity index (χ1v) is 11.1. The number of halogens is 1. The highest BCUT2D eigenvalue weighted by atomic mass is 35.5. The molecule has 0 spiro atoms. The number of amides is 1. The zero-order valence-corrected chi connectivity index (χ0v) is 16.9. The molecule has 0 radical (unpaired) electrons. The van der Waals surface area contributed by atoms with Crippen LogP contribution in [0.25, 0.3) is 0 Å². The Morgan fingerprint density at radius 3 is 2.50 bits per heavy atom. The van der Waals surface area contributed by atoms with Gasteiger partial charge in [0.2, 0.25) is 10.0 Å². The van der Waals surface area contributed by atoms with Crippen molar-refractivity contribution < 1.29 is 17.9 Å². The molecule has 0 saturated heterocycles. The van der Waals surface area contributed by atoms with Crippen molar-refractivity contribution in [3.63, 3.8) is 0 Å². The van der Waals surface area contributed by atoms with E-state index in [1.54, 1.807) is 0 Å². The summed E-state index contributed by atoms with van der Waals surface area (Å²) in [6, 6.07) is 13.6. The number of rotatable bonds is 8. The van der Waals surface area contributed by atoms with Crippen molar-refractivity contribution in [1.29, 1.82) is 0 Å². The van der Waals surface area contributed by atoms with Crippen molar-refractivity contribution in [2.24, 2.45) is 0 Å². The summed E-state index contributed by atoms with van der Waals surface area (Å²) in [7, 11) is -3.71. The lowest BCUT2D eigenvalue weighted by molar-refractivity contribution is -0.123. The molecule has 1 aliphatic carbocycles. The van der Waals surface area contributed by atoms with Crippen molar-refractivity contribution in [3.8, 4) is 5.75 Å². The maximum absolute atomic E-state index is 12.5. The molecular weight excluding hydrogens is 400 g/mol. The molecule has 1 aliphatic rings. The number of carbonyl (C=O) groups excluding carboxylic acids is 1. The molecule has 0 aromatic heterocycles. The first-order valence-electron chi connectivity index (χ1n) is 9.19. The van der Waals surface area contributed by atoms with Gasteiger partial charge < -0.3 is 10.1 Å². The molecule has 1 fully saturated rings. The van der Waals surface area contributed by atoms with E-state index in [2.05, 4.69) is 10.0 Å². The second-order valence-corrected chi connectivity index (χ2v) is 8.91. The van der Waals surface area contributed by atoms with E-state index >= 15 is 0 Å². The van der Waals surface area contributed by atoms with Gasteiger partial charge in [0, 0.05) is 12.6 Å². The van der Waals surface area contributed by atoms with Crippen LogP contribution in [0.2, 0.25) is 5.02 Å². The van der Waals surface area contributed by atoms with E-state index in [0.29, 0.717) is 0 Å². The standard InChI is InChI=1S/C20H23ClN2O4S/c21-18-12-17(28(25,26)22-13-15-6-2-1-3-7-15)10-11-19(18)27-14-20(24)23-16-8-4-5-9-16/h1-3,6-7,10-12,16,22H,4-5,8-9,13-14H2,(H,23,24). The summed E-state index contributed by atoms with van der Waals surface area (Å²) >= 11 is 6.16. The Morgan fingerprint density at radius 1 is 1.11 bits per heavy atom. The van der Waals surface area contributed by atoms with Crippen molar-refractivity contribution in [3.05, 3.63) is 59.1 Å². The van der Waals surface area contributed by atoms with Gasteiger partial charge in [-0.3, -0.25) is 4.79 Å². The van der Waals surface area contributed by atoms with Crippen LogP contribution in [0, 0.1) is 0 Å². The van der Waals surface area contributed by atoms with Gasteiger partial charge in [-0.1, -0.05) is 54.8 Å². The summed E-state index contributed by atoms with van der Waals surface area (Å²) in [6.45, 7) is 0.0228. The van der Waals surface area contributed by atoms with Gasteiger partial charge in [-0.2, -0.15) is 0 Å². The van der Waals surface area contributed by atoms with E-state index in [1.165, 1.54) is 18.2 Å². The van der Waals surface area contributed by atoms with Gasteiger partial charge in [0.15, 0.2) is 6.61 Å². The first-order chi connectivity index (χ1) is 13.4. The molecule has 2 aromatic rings. The summed E-state index contributed by atoms with van der Waals surface area (Å²) in [5, 5.41) is 3.06. The molecule has 6 nitrogen and oxygen atoms in total. The molecule has 0 heterocycles. The molecule has 0 atom stereocenters. The highest BCUT2D eigenvalue weighted by Gasteiger charge is 2.19. The maximum atomic E-state index is 12.5. The van der Waals surface area contributed by atoms with Gasteiger partial charge in [0.25, 0.3) is 5.91 Å². The van der Waals surface area contributed by atoms with Crippen LogP contribution in [-0.4, -0.2) is 27.0 Å². The monoisotopic (exact) mass is 422 g/mol. The highest BCUT2D eigenvalue weighted by Crippen LogP contribution is 2.27. The van der Waals surface area contributed by atoms with Gasteiger partial charge >= 0.3 is 0 Å². The van der Waals surface area contributed by atoms with E-state index in [4.69, 9.17) is 16.3 Å². The predicted molar refractivity (Wildman–Crippen MR) is 108 cm³/mol. The lowest BCUT2D eigenvalue weighted by atomic mass is 10.2. The minimum Gasteiger partial charge on any atom is -0.482 e. The Morgan fingerprint density at radius 2 is 1.82 bits per heavy atom. The SMILES string of the molecule is O=C(COc1ccc(S(=O)(=O)NCc2ccccc2)cc1Cl)NC1CCCC1. The van der Waals surface area contributed by atoms with Crippen LogP contribution in [0.5, 0.6) is 5.75 Å². The number of ether oxygens (including phenoxy) is 1. The lowest BCUT2D eigenvalue weighted by Crippen LogP contribution is -2.36. The van der Waals surface area contributed by atoms with Gasteiger partial charge in [0.05, 0.1) is 9.92 Å². The lowest BCUT2D eigenvalue weighted by Gasteiger charge is -2.13. The van der Waals surface area contributed by atoms with E-state index in [-0.39, 0.29) is 40.8 Å². The largest absolute Gasteiger partial charge is 0.482 e. The zero-order chi connectivity index (χ0) is 20.0. The molecule has 1 amide bonds. The molecule has 2 aromatic carbocycles. The Bertz CT molecular complexity index is 913. The Kier molecular flexibility index (Phi) is 6.93. The summed E-state index contributed by atoms with van der Waals surface area (Å²) < 4.78 is 32.9. The van der Waals surface area contributed by atoms with Crippen LogP contribution >= 0.6 is 11.6 Å². The number of hydrogen-bond acceptors (Lipinski definition) is 4. The van der Waals surface area contributed by atoms with E-state index in [1.807, 2.05) is 30.3 Å². The molecule has 150 valence electrons. The number of benzene rings is 2. The Hall–Kier alpha value is -2.09. The number of carbonyl (C=O) groups is 1. The Labute approximate surface area is 170 Å². The number of nitrogens with one attached hydrogen (secondary N) is 2. The van der Waals surface area contributed by atoms with E-state index in [9.17, 15) is 13.2 Å². The molecule has 0 aliphatic heterocycles. The average molecular weight is 423 g/mol. The zero-order valence-electron chi connectivity index (χ0n) is 15.4. The van der Waals surface area contributed by atoms with E-state index in [0.717, 1.165) is 31.2 Å². The smallest absolute Gasteiger partial charge is 0.258 e. The van der Waals surface area contributed by atoms with Gasteiger partial charge in [0.1, 0.15) is 5.75 Å². The molecule has 0 bridgehead atoms. The fourth-order valence-electron chi connectivity index (χ4n) is 3.11. The fourth-order valence-corrected chi connectivity index (χ4v) is 4.45. The van der Waals surface area contributed by atoms with Gasteiger partial charge in [-0.05, 0) is 36.6 Å². The second kappa shape index (κ2) is 9.41. The third kappa shape index (κ3) is 5.70. The van der Waals surface area contributed by atoms with Gasteiger partial charge in [-0.25, -0.2) is 13.1 Å².